The summed E-state index contributed by atoms with van der Waals surface area (Å²) in [4.78, 5) is 27.8. The van der Waals surface area contributed by atoms with Crippen molar-refractivity contribution in [1.29, 1.82) is 0 Å². The van der Waals surface area contributed by atoms with E-state index in [1.165, 1.54) is 4.57 Å². The fourth-order valence-corrected chi connectivity index (χ4v) is 4.45. The molecule has 8 heteroatoms. The molecule has 1 fully saturated rings. The molecule has 4 rings (SSSR count). The molecule has 1 aromatic carbocycles. The highest BCUT2D eigenvalue weighted by Crippen LogP contribution is 2.29. The summed E-state index contributed by atoms with van der Waals surface area (Å²) in [7, 11) is 3.57. The number of amides is 1. The zero-order valence-electron chi connectivity index (χ0n) is 17.1. The summed E-state index contributed by atoms with van der Waals surface area (Å²) in [6.45, 7) is 3.07. The largest absolute Gasteiger partial charge is 0.490 e. The lowest BCUT2D eigenvalue weighted by Crippen LogP contribution is -2.42. The summed E-state index contributed by atoms with van der Waals surface area (Å²) in [6, 6.07) is 5.20. The van der Waals surface area contributed by atoms with Crippen LogP contribution in [0.5, 0.6) is 5.75 Å². The lowest BCUT2D eigenvalue weighted by molar-refractivity contribution is 0.0597. The van der Waals surface area contributed by atoms with Gasteiger partial charge in [-0.1, -0.05) is 23.2 Å². The van der Waals surface area contributed by atoms with E-state index < -0.39 is 0 Å². The van der Waals surface area contributed by atoms with Crippen LogP contribution in [0.2, 0.25) is 10.0 Å². The molecule has 0 bridgehead atoms. The monoisotopic (exact) mass is 447 g/mol. The zero-order valence-corrected chi connectivity index (χ0v) is 18.6. The van der Waals surface area contributed by atoms with Crippen LogP contribution >= 0.6 is 23.2 Å². The summed E-state index contributed by atoms with van der Waals surface area (Å²) in [5.74, 6) is 0.554. The van der Waals surface area contributed by atoms with E-state index in [4.69, 9.17) is 27.9 Å². The van der Waals surface area contributed by atoms with Crippen molar-refractivity contribution in [1.82, 2.24) is 14.0 Å². The van der Waals surface area contributed by atoms with Crippen LogP contribution in [0.15, 0.2) is 35.4 Å². The van der Waals surface area contributed by atoms with Gasteiger partial charge in [-0.15, -0.1) is 0 Å². The second-order valence-electron chi connectivity index (χ2n) is 7.79. The fraction of sp³-hybridized carbons (Fsp3) is 0.364. The van der Waals surface area contributed by atoms with Crippen LogP contribution in [0.1, 0.15) is 28.8 Å². The van der Waals surface area contributed by atoms with E-state index in [0.29, 0.717) is 52.7 Å². The van der Waals surface area contributed by atoms with E-state index in [2.05, 4.69) is 0 Å². The van der Waals surface area contributed by atoms with Crippen molar-refractivity contribution in [2.75, 3.05) is 13.1 Å². The summed E-state index contributed by atoms with van der Waals surface area (Å²) in [5.41, 5.74) is 2.07. The quantitative estimate of drug-likeness (QED) is 0.604. The lowest BCUT2D eigenvalue weighted by Gasteiger charge is -2.32. The minimum absolute atomic E-state index is 0.00563. The van der Waals surface area contributed by atoms with Gasteiger partial charge in [0.2, 0.25) is 0 Å². The average Bonchev–Trinajstić information content (AvgIpc) is 3.07. The first-order valence-corrected chi connectivity index (χ1v) is 10.6. The van der Waals surface area contributed by atoms with Gasteiger partial charge >= 0.3 is 0 Å². The van der Waals surface area contributed by atoms with Crippen LogP contribution in [0, 0.1) is 6.92 Å². The van der Waals surface area contributed by atoms with Gasteiger partial charge in [0.05, 0.1) is 26.5 Å². The Hall–Kier alpha value is -2.44. The van der Waals surface area contributed by atoms with E-state index in [1.54, 1.807) is 42.5 Å². The molecule has 1 aliphatic heterocycles. The summed E-state index contributed by atoms with van der Waals surface area (Å²) in [6.07, 6.45) is 4.96. The average molecular weight is 448 g/mol. The predicted octanol–water partition coefficient (Wildman–Crippen LogP) is 4.18. The molecule has 158 valence electrons. The maximum absolute atomic E-state index is 13.2. The Labute approximate surface area is 184 Å². The number of hydrogen-bond acceptors (Lipinski definition) is 3. The topological polar surface area (TPSA) is 56.5 Å². The van der Waals surface area contributed by atoms with Crippen molar-refractivity contribution in [2.24, 2.45) is 14.1 Å². The molecular weight excluding hydrogens is 425 g/mol. The maximum Gasteiger partial charge on any atom is 0.260 e. The van der Waals surface area contributed by atoms with Crippen LogP contribution in [0.3, 0.4) is 0 Å². The third kappa shape index (κ3) is 3.70. The Balaban J connectivity index is 1.51. The van der Waals surface area contributed by atoms with Crippen LogP contribution in [0.25, 0.3) is 10.9 Å². The highest BCUT2D eigenvalue weighted by Gasteiger charge is 2.28. The molecule has 0 radical (unpaired) electrons. The van der Waals surface area contributed by atoms with Crippen LogP contribution < -0.4 is 10.3 Å². The van der Waals surface area contributed by atoms with Crippen molar-refractivity contribution >= 4 is 40.0 Å². The number of aromatic nitrogens is 2. The van der Waals surface area contributed by atoms with Crippen LogP contribution in [0.4, 0.5) is 0 Å². The minimum Gasteiger partial charge on any atom is -0.490 e. The number of piperidine rings is 1. The number of carbonyl (C=O) groups excluding carboxylic acids is 1. The van der Waals surface area contributed by atoms with Gasteiger partial charge in [-0.3, -0.25) is 9.59 Å². The first-order valence-electron chi connectivity index (χ1n) is 9.82. The van der Waals surface area contributed by atoms with E-state index in [9.17, 15) is 9.59 Å². The molecule has 0 aliphatic carbocycles. The van der Waals surface area contributed by atoms with Gasteiger partial charge in [0.15, 0.2) is 0 Å². The normalized spacial score (nSPS) is 15.0. The number of carbonyl (C=O) groups is 1. The molecule has 0 atom stereocenters. The van der Waals surface area contributed by atoms with Crippen molar-refractivity contribution in [2.45, 2.75) is 25.9 Å². The molecule has 1 aliphatic rings. The maximum atomic E-state index is 13.2. The van der Waals surface area contributed by atoms with Gasteiger partial charge in [0.25, 0.3) is 11.5 Å². The van der Waals surface area contributed by atoms with Crippen molar-refractivity contribution in [3.8, 4) is 5.75 Å². The molecule has 30 heavy (non-hydrogen) atoms. The number of halogens is 2. The first kappa shape index (κ1) is 20.8. The first-order chi connectivity index (χ1) is 14.3. The molecule has 1 saturated heterocycles. The van der Waals surface area contributed by atoms with Gasteiger partial charge < -0.3 is 18.8 Å². The van der Waals surface area contributed by atoms with Crippen molar-refractivity contribution in [3.63, 3.8) is 0 Å². The van der Waals surface area contributed by atoms with Crippen molar-refractivity contribution in [3.05, 3.63) is 62.1 Å². The number of ether oxygens (including phenoxy) is 1. The predicted molar refractivity (Wildman–Crippen MR) is 119 cm³/mol. The van der Waals surface area contributed by atoms with Gasteiger partial charge in [-0.25, -0.2) is 0 Å². The Morgan fingerprint density at radius 3 is 2.43 bits per heavy atom. The van der Waals surface area contributed by atoms with E-state index in [0.717, 1.165) is 11.1 Å². The van der Waals surface area contributed by atoms with Gasteiger partial charge in [0, 0.05) is 58.5 Å². The number of pyridine rings is 1. The lowest BCUT2D eigenvalue weighted by atomic mass is 10.1. The Bertz CT molecular complexity index is 1190. The van der Waals surface area contributed by atoms with E-state index in [-0.39, 0.29) is 17.6 Å². The fourth-order valence-electron chi connectivity index (χ4n) is 4.16. The highest BCUT2D eigenvalue weighted by atomic mass is 35.5. The molecular formula is C22H23Cl2N3O3. The molecule has 0 N–H and O–H groups in total. The highest BCUT2D eigenvalue weighted by molar-refractivity contribution is 6.42. The summed E-state index contributed by atoms with van der Waals surface area (Å²) < 4.78 is 9.41. The van der Waals surface area contributed by atoms with E-state index >= 15 is 0 Å². The van der Waals surface area contributed by atoms with Gasteiger partial charge in [-0.2, -0.15) is 0 Å². The standard InChI is InChI=1S/C22H23Cl2N3O3/c1-13-11-26(3)22(29)19-16(12-25(2)20(13)19)21(28)27-8-6-14(7-9-27)30-15-4-5-17(23)18(24)10-15/h4-5,10-12,14H,6-9H2,1-3H3. The molecule has 1 amide bonds. The van der Waals surface area contributed by atoms with Crippen molar-refractivity contribution < 1.29 is 9.53 Å². The SMILES string of the molecule is Cc1cn(C)c(=O)c2c(C(=O)N3CCC(Oc4ccc(Cl)c(Cl)c4)CC3)cn(C)c12. The number of aryl methyl sites for hydroxylation is 3. The number of likely N-dealkylation sites (tertiary alicyclic amines) is 1. The number of benzene rings is 1. The Morgan fingerprint density at radius 1 is 1.07 bits per heavy atom. The summed E-state index contributed by atoms with van der Waals surface area (Å²) >= 11 is 12.0. The van der Waals surface area contributed by atoms with Gasteiger partial charge in [0.1, 0.15) is 11.9 Å². The number of hydrogen-bond donors (Lipinski definition) is 0. The smallest absolute Gasteiger partial charge is 0.260 e. The van der Waals surface area contributed by atoms with Crippen LogP contribution in [-0.2, 0) is 14.1 Å². The minimum atomic E-state index is -0.155. The molecule has 0 spiro atoms. The second kappa shape index (κ2) is 8.00. The number of fused-ring (bicyclic) bond motifs is 1. The molecule has 2 aromatic heterocycles. The molecule has 0 unspecified atom stereocenters. The van der Waals surface area contributed by atoms with E-state index in [1.807, 2.05) is 18.5 Å². The van der Waals surface area contributed by atoms with Crippen LogP contribution in [-0.4, -0.2) is 39.1 Å². The van der Waals surface area contributed by atoms with Gasteiger partial charge in [-0.05, 0) is 24.6 Å². The molecule has 6 nitrogen and oxygen atoms in total. The third-order valence-electron chi connectivity index (χ3n) is 5.63. The molecule has 3 aromatic rings. The number of rotatable bonds is 3. The Morgan fingerprint density at radius 2 is 1.77 bits per heavy atom. The molecule has 3 heterocycles. The molecule has 0 saturated carbocycles. The zero-order chi connectivity index (χ0) is 21.6. The Kier molecular flexibility index (Phi) is 5.55. The third-order valence-corrected chi connectivity index (χ3v) is 6.37. The number of nitrogens with zero attached hydrogens (tertiary/aromatic N) is 3. The summed E-state index contributed by atoms with van der Waals surface area (Å²) in [5, 5.41) is 1.43. The second-order valence-corrected chi connectivity index (χ2v) is 8.61.